The molecule has 20 nitrogen and oxygen atoms in total. The van der Waals surface area contributed by atoms with Crippen molar-refractivity contribution in [2.24, 2.45) is 0 Å². The van der Waals surface area contributed by atoms with E-state index >= 15 is 0 Å². The lowest BCUT2D eigenvalue weighted by atomic mass is 9.98. The molecule has 2 saturated heterocycles. The number of ether oxygens (including phenoxy) is 4. The Labute approximate surface area is 269 Å². The highest BCUT2D eigenvalue weighted by Crippen LogP contribution is 2.39. The first-order valence-corrected chi connectivity index (χ1v) is 15.1. The molecule has 2 aliphatic heterocycles. The molecule has 21 heteroatoms. The van der Waals surface area contributed by atoms with E-state index in [1.165, 1.54) is 13.0 Å². The fourth-order valence-corrected chi connectivity index (χ4v) is 4.84. The van der Waals surface area contributed by atoms with Crippen LogP contribution in [0.2, 0.25) is 0 Å². The van der Waals surface area contributed by atoms with Crippen molar-refractivity contribution in [3.8, 4) is 40.1 Å². The van der Waals surface area contributed by atoms with Gasteiger partial charge in [0.15, 0.2) is 23.5 Å². The smallest absolute Gasteiger partial charge is 0.394 e. The van der Waals surface area contributed by atoms with Gasteiger partial charge < -0.3 is 74.4 Å². The third-order valence-corrected chi connectivity index (χ3v) is 7.29. The molecule has 5 rings (SSSR count). The quantitative estimate of drug-likeness (QED) is 0.0942. The van der Waals surface area contributed by atoms with E-state index in [2.05, 4.69) is 0 Å². The van der Waals surface area contributed by atoms with Crippen molar-refractivity contribution in [2.75, 3.05) is 6.61 Å². The third kappa shape index (κ3) is 8.06. The minimum atomic E-state index is -4.67. The molecule has 0 bridgehead atoms. The van der Waals surface area contributed by atoms with E-state index < -0.39 is 124 Å². The van der Waals surface area contributed by atoms with Gasteiger partial charge in [0.25, 0.3) is 0 Å². The second-order valence-corrected chi connectivity index (χ2v) is 11.6. The normalized spacial score (nSPS) is 30.8. The van der Waals surface area contributed by atoms with Crippen molar-refractivity contribution in [1.82, 2.24) is 0 Å². The number of hydrogen-bond donors (Lipinski definition) is 12. The molecule has 2 fully saturated rings. The molecule has 0 saturated carbocycles. The summed E-state index contributed by atoms with van der Waals surface area (Å²) in [6.45, 7) is 0.818. The maximum absolute atomic E-state index is 13.6. The number of phenols is 4. The van der Waals surface area contributed by atoms with Crippen LogP contribution in [0, 0.1) is 0 Å². The number of aromatic hydroxyl groups is 4. The van der Waals surface area contributed by atoms with Gasteiger partial charge in [-0.05, 0) is 25.1 Å². The Kier molecular flexibility index (Phi) is 11.0. The molecule has 2 aliphatic rings. The zero-order valence-corrected chi connectivity index (χ0v) is 25.2. The summed E-state index contributed by atoms with van der Waals surface area (Å²) < 4.78 is 59.4. The number of hydrogen-bond acceptors (Lipinski definition) is 18. The van der Waals surface area contributed by atoms with Gasteiger partial charge in [0, 0.05) is 17.7 Å². The average Bonchev–Trinajstić information content (AvgIpc) is 2.99. The first kappa shape index (κ1) is 37.0. The Morgan fingerprint density at radius 2 is 1.35 bits per heavy atom. The van der Waals surface area contributed by atoms with Gasteiger partial charge in [-0.15, -0.1) is 0 Å². The van der Waals surface area contributed by atoms with Gasteiger partial charge in [-0.3, -0.25) is 13.9 Å². The van der Waals surface area contributed by atoms with Crippen LogP contribution in [0.15, 0.2) is 39.5 Å². The van der Waals surface area contributed by atoms with Crippen molar-refractivity contribution in [1.29, 1.82) is 0 Å². The Morgan fingerprint density at radius 1 is 0.750 bits per heavy atom. The lowest BCUT2D eigenvalue weighted by Crippen LogP contribution is -2.61. The van der Waals surface area contributed by atoms with Gasteiger partial charge in [-0.25, -0.2) is 0 Å². The van der Waals surface area contributed by atoms with E-state index in [1.54, 1.807) is 0 Å². The summed E-state index contributed by atoms with van der Waals surface area (Å²) in [5, 5.41) is 101. The maximum atomic E-state index is 13.6. The van der Waals surface area contributed by atoms with E-state index in [9.17, 15) is 55.9 Å². The molecule has 12 N–H and O–H groups in total. The summed E-state index contributed by atoms with van der Waals surface area (Å²) >= 11 is 0. The molecule has 10 unspecified atom stereocenters. The van der Waals surface area contributed by atoms with Gasteiger partial charge in [0.05, 0.1) is 12.7 Å². The number of fused-ring (bicyclic) bond motifs is 1. The number of aliphatic hydroxyl groups excluding tert-OH is 6. The van der Waals surface area contributed by atoms with E-state index in [-0.39, 0.29) is 11.1 Å². The van der Waals surface area contributed by atoms with Crippen LogP contribution in [-0.4, -0.2) is 137 Å². The second-order valence-electron chi connectivity index (χ2n) is 10.7. The number of rotatable bonds is 6. The minimum Gasteiger partial charge on any atom is -0.508 e. The van der Waals surface area contributed by atoms with E-state index in [0.29, 0.717) is 0 Å². The molecule has 0 radical (unpaired) electrons. The highest BCUT2D eigenvalue weighted by Gasteiger charge is 2.47. The number of phenolic OH excluding ortho intramolecular Hbond substituents is 4. The van der Waals surface area contributed by atoms with Crippen LogP contribution in [0.5, 0.6) is 28.7 Å². The van der Waals surface area contributed by atoms with Crippen molar-refractivity contribution in [3.63, 3.8) is 0 Å². The SMILES string of the molecule is CC1OC(OCC2OC(Oc3c(-c4ccc(O)c(O)c4)oc4cc(O)cc(O)c4c3=O)C(O)C(O)C2O)C(O)C(O)C1O.O=S(=O)(O)O. The van der Waals surface area contributed by atoms with E-state index in [4.69, 9.17) is 40.9 Å². The average molecular weight is 709 g/mol. The molecule has 10 atom stereocenters. The van der Waals surface area contributed by atoms with Crippen LogP contribution in [0.1, 0.15) is 6.92 Å². The first-order valence-electron chi connectivity index (χ1n) is 13.7. The molecule has 0 spiro atoms. The van der Waals surface area contributed by atoms with Crippen LogP contribution in [0.25, 0.3) is 22.3 Å². The second kappa shape index (κ2) is 14.3. The molecule has 0 aliphatic carbocycles. The zero-order valence-electron chi connectivity index (χ0n) is 24.4. The molecule has 48 heavy (non-hydrogen) atoms. The monoisotopic (exact) mass is 708 g/mol. The molecule has 1 aromatic heterocycles. The van der Waals surface area contributed by atoms with Crippen LogP contribution in [0.3, 0.4) is 0 Å². The van der Waals surface area contributed by atoms with Gasteiger partial charge in [-0.1, -0.05) is 0 Å². The molecule has 266 valence electrons. The molecule has 2 aromatic carbocycles. The summed E-state index contributed by atoms with van der Waals surface area (Å²) in [5.41, 5.74) is -1.35. The van der Waals surface area contributed by atoms with Crippen LogP contribution >= 0.6 is 0 Å². The van der Waals surface area contributed by atoms with Crippen LogP contribution < -0.4 is 10.2 Å². The Morgan fingerprint density at radius 3 is 1.98 bits per heavy atom. The minimum absolute atomic E-state index is 0.0313. The lowest BCUT2D eigenvalue weighted by molar-refractivity contribution is -0.318. The van der Waals surface area contributed by atoms with Gasteiger partial charge in [-0.2, -0.15) is 8.42 Å². The standard InChI is InChI=1S/C27H30O16.H2O4S/c1-8-17(32)20(35)22(37)26(40-8)39-7-15-18(33)21(36)23(38)27(42-15)43-25-19(34)16-13(31)5-10(28)6-14(16)41-24(25)9-2-3-11(29)12(30)4-9;1-5(2,3)4/h2-6,8,15,17-18,20-23,26-33,35-38H,7H2,1H3;(H2,1,2,3,4). The summed E-state index contributed by atoms with van der Waals surface area (Å²) in [7, 11) is -4.67. The molecule has 0 amide bonds. The van der Waals surface area contributed by atoms with Crippen molar-refractivity contribution in [2.45, 2.75) is 68.3 Å². The fourth-order valence-electron chi connectivity index (χ4n) is 4.84. The Hall–Kier alpha value is -3.84. The third-order valence-electron chi connectivity index (χ3n) is 7.29. The lowest BCUT2D eigenvalue weighted by Gasteiger charge is -2.42. The topological polar surface area (TPSA) is 344 Å². The summed E-state index contributed by atoms with van der Waals surface area (Å²) in [5.74, 6) is -3.33. The van der Waals surface area contributed by atoms with Gasteiger partial charge in [0.1, 0.15) is 65.2 Å². The van der Waals surface area contributed by atoms with E-state index in [0.717, 1.165) is 24.3 Å². The maximum Gasteiger partial charge on any atom is 0.394 e. The zero-order chi connectivity index (χ0) is 35.8. The molecular formula is C27H32O20S. The highest BCUT2D eigenvalue weighted by atomic mass is 32.3. The molecular weight excluding hydrogens is 676 g/mol. The molecule has 3 aromatic rings. The number of aliphatic hydroxyl groups is 6. The van der Waals surface area contributed by atoms with Crippen molar-refractivity contribution >= 4 is 21.4 Å². The highest BCUT2D eigenvalue weighted by molar-refractivity contribution is 7.79. The molecule has 3 heterocycles. The van der Waals surface area contributed by atoms with Gasteiger partial charge >= 0.3 is 10.4 Å². The fraction of sp³-hybridized carbons (Fsp3) is 0.444. The Balaban J connectivity index is 0.000000968. The summed E-state index contributed by atoms with van der Waals surface area (Å²) in [6, 6.07) is 5.24. The van der Waals surface area contributed by atoms with Crippen LogP contribution in [-0.2, 0) is 24.6 Å². The predicted octanol–water partition coefficient (Wildman–Crippen LogP) is -2.34. The van der Waals surface area contributed by atoms with Crippen molar-refractivity contribution < 1.29 is 92.0 Å². The Bertz CT molecular complexity index is 1770. The largest absolute Gasteiger partial charge is 0.508 e. The summed E-state index contributed by atoms with van der Waals surface area (Å²) in [6.07, 6.45) is -16.2. The predicted molar refractivity (Wildman–Crippen MR) is 154 cm³/mol. The van der Waals surface area contributed by atoms with E-state index in [1.807, 2.05) is 0 Å². The van der Waals surface area contributed by atoms with Gasteiger partial charge in [0.2, 0.25) is 17.5 Å². The van der Waals surface area contributed by atoms with Crippen molar-refractivity contribution in [3.05, 3.63) is 40.6 Å². The summed E-state index contributed by atoms with van der Waals surface area (Å²) in [4.78, 5) is 13.6. The number of benzene rings is 2. The first-order chi connectivity index (χ1) is 22.3. The van der Waals surface area contributed by atoms with Crippen LogP contribution in [0.4, 0.5) is 0 Å².